The molecule has 1 N–H and O–H groups in total. The van der Waals surface area contributed by atoms with E-state index in [4.69, 9.17) is 9.47 Å². The van der Waals surface area contributed by atoms with Crippen LogP contribution in [0, 0.1) is 0 Å². The third kappa shape index (κ3) is 6.07. The van der Waals surface area contributed by atoms with Crippen LogP contribution < -0.4 is 14.8 Å². The van der Waals surface area contributed by atoms with Crippen LogP contribution in [0.4, 0.5) is 0 Å². The molecular formula is C19H25NO4S. The summed E-state index contributed by atoms with van der Waals surface area (Å²) in [6.07, 6.45) is 2.09. The van der Waals surface area contributed by atoms with E-state index in [0.29, 0.717) is 11.5 Å². The van der Waals surface area contributed by atoms with Gasteiger partial charge >= 0.3 is 0 Å². The maximum absolute atomic E-state index is 11.5. The van der Waals surface area contributed by atoms with E-state index in [2.05, 4.69) is 12.2 Å². The molecular weight excluding hydrogens is 338 g/mol. The molecule has 0 fully saturated rings. The number of benzene rings is 2. The third-order valence-electron chi connectivity index (χ3n) is 3.91. The molecule has 1 atom stereocenters. The van der Waals surface area contributed by atoms with E-state index < -0.39 is 9.84 Å². The lowest BCUT2D eigenvalue weighted by Crippen LogP contribution is -2.21. The van der Waals surface area contributed by atoms with Crippen molar-refractivity contribution in [2.24, 2.45) is 0 Å². The average molecular weight is 363 g/mol. The highest BCUT2D eigenvalue weighted by Crippen LogP contribution is 2.18. The lowest BCUT2D eigenvalue weighted by Gasteiger charge is -2.15. The second-order valence-corrected chi connectivity index (χ2v) is 7.91. The third-order valence-corrected chi connectivity index (χ3v) is 5.04. The Hall–Kier alpha value is -2.05. The molecule has 0 spiro atoms. The van der Waals surface area contributed by atoms with Crippen LogP contribution >= 0.6 is 0 Å². The van der Waals surface area contributed by atoms with Gasteiger partial charge in [0.15, 0.2) is 9.84 Å². The molecule has 136 valence electrons. The fourth-order valence-electron chi connectivity index (χ4n) is 2.37. The molecule has 0 radical (unpaired) electrons. The molecule has 2 aromatic rings. The zero-order valence-electron chi connectivity index (χ0n) is 14.9. The van der Waals surface area contributed by atoms with Gasteiger partial charge in [0.2, 0.25) is 0 Å². The molecule has 0 aromatic heterocycles. The van der Waals surface area contributed by atoms with Crippen LogP contribution in [0.15, 0.2) is 53.4 Å². The summed E-state index contributed by atoms with van der Waals surface area (Å²) in [7, 11) is -1.51. The number of hydrogen-bond donors (Lipinski definition) is 1. The lowest BCUT2D eigenvalue weighted by atomic mass is 10.1. The minimum atomic E-state index is -3.15. The summed E-state index contributed by atoms with van der Waals surface area (Å²) in [5.74, 6) is 1.63. The molecule has 0 amide bonds. The van der Waals surface area contributed by atoms with Gasteiger partial charge in [-0.1, -0.05) is 12.1 Å². The van der Waals surface area contributed by atoms with Crippen LogP contribution in [-0.4, -0.2) is 34.9 Å². The Morgan fingerprint density at radius 2 is 1.60 bits per heavy atom. The summed E-state index contributed by atoms with van der Waals surface area (Å²) in [4.78, 5) is 0.344. The lowest BCUT2D eigenvalue weighted by molar-refractivity contribution is 0.305. The molecule has 5 nitrogen and oxygen atoms in total. The summed E-state index contributed by atoms with van der Waals surface area (Å²) < 4.78 is 33.7. The van der Waals surface area contributed by atoms with Gasteiger partial charge in [-0.3, -0.25) is 0 Å². The molecule has 0 bridgehead atoms. The molecule has 2 aromatic carbocycles. The second-order valence-electron chi connectivity index (χ2n) is 5.89. The zero-order chi connectivity index (χ0) is 18.3. The first-order valence-electron chi connectivity index (χ1n) is 8.20. The molecule has 0 heterocycles. The minimum absolute atomic E-state index is 0.148. The molecule has 2 rings (SSSR count). The van der Waals surface area contributed by atoms with Crippen LogP contribution in [0.5, 0.6) is 11.5 Å². The van der Waals surface area contributed by atoms with Crippen LogP contribution in [0.25, 0.3) is 0 Å². The van der Waals surface area contributed by atoms with E-state index in [-0.39, 0.29) is 6.04 Å². The smallest absolute Gasteiger partial charge is 0.175 e. The van der Waals surface area contributed by atoms with Crippen LogP contribution in [0.3, 0.4) is 0 Å². The summed E-state index contributed by atoms with van der Waals surface area (Å²) >= 11 is 0. The van der Waals surface area contributed by atoms with Crippen molar-refractivity contribution in [1.29, 1.82) is 0 Å². The van der Waals surface area contributed by atoms with Gasteiger partial charge in [-0.25, -0.2) is 8.42 Å². The zero-order valence-corrected chi connectivity index (χ0v) is 15.7. The molecule has 0 aliphatic heterocycles. The second kappa shape index (κ2) is 8.87. The van der Waals surface area contributed by atoms with Crippen molar-refractivity contribution in [2.75, 3.05) is 26.5 Å². The van der Waals surface area contributed by atoms with Crippen molar-refractivity contribution in [3.05, 3.63) is 54.1 Å². The standard InChI is InChI=1S/C19H25NO4S/c1-15(16-5-11-19(12-6-16)25(3,21)22)20-13-4-14-24-18-9-7-17(23-2)8-10-18/h5-12,15,20H,4,13-14H2,1-3H3/t15-/m0/s1. The molecule has 0 aliphatic carbocycles. The maximum Gasteiger partial charge on any atom is 0.175 e. The van der Waals surface area contributed by atoms with Crippen molar-refractivity contribution in [3.63, 3.8) is 0 Å². The predicted octanol–water partition coefficient (Wildman–Crippen LogP) is 3.22. The highest BCUT2D eigenvalue weighted by molar-refractivity contribution is 7.90. The SMILES string of the molecule is COc1ccc(OCCCN[C@@H](C)c2ccc(S(C)(=O)=O)cc2)cc1. The van der Waals surface area contributed by atoms with E-state index in [1.54, 1.807) is 19.2 Å². The quantitative estimate of drug-likeness (QED) is 0.693. The highest BCUT2D eigenvalue weighted by Gasteiger charge is 2.09. The minimum Gasteiger partial charge on any atom is -0.497 e. The number of hydrogen-bond acceptors (Lipinski definition) is 5. The number of rotatable bonds is 9. The Kier molecular flexibility index (Phi) is 6.84. The van der Waals surface area contributed by atoms with Gasteiger partial charge in [0.25, 0.3) is 0 Å². The maximum atomic E-state index is 11.5. The highest BCUT2D eigenvalue weighted by atomic mass is 32.2. The monoisotopic (exact) mass is 363 g/mol. The summed E-state index contributed by atoms with van der Waals surface area (Å²) in [6, 6.07) is 14.7. The Morgan fingerprint density at radius 3 is 2.16 bits per heavy atom. The predicted molar refractivity (Wildman–Crippen MR) is 99.1 cm³/mol. The van der Waals surface area contributed by atoms with E-state index in [1.807, 2.05) is 36.4 Å². The Balaban J connectivity index is 1.72. The Labute approximate surface area is 149 Å². The van der Waals surface area contributed by atoms with Crippen molar-refractivity contribution in [1.82, 2.24) is 5.32 Å². The Bertz CT molecular complexity index is 755. The Morgan fingerprint density at radius 1 is 1.00 bits per heavy atom. The topological polar surface area (TPSA) is 64.6 Å². The molecule has 25 heavy (non-hydrogen) atoms. The average Bonchev–Trinajstić information content (AvgIpc) is 2.61. The van der Waals surface area contributed by atoms with E-state index in [9.17, 15) is 8.42 Å². The van der Waals surface area contributed by atoms with Gasteiger partial charge in [-0.2, -0.15) is 0 Å². The molecule has 0 saturated carbocycles. The number of sulfone groups is 1. The van der Waals surface area contributed by atoms with Crippen LogP contribution in [0.2, 0.25) is 0 Å². The van der Waals surface area contributed by atoms with Crippen LogP contribution in [-0.2, 0) is 9.84 Å². The summed E-state index contributed by atoms with van der Waals surface area (Å²) in [5, 5.41) is 3.41. The first-order valence-corrected chi connectivity index (χ1v) is 10.1. The number of nitrogens with one attached hydrogen (secondary N) is 1. The van der Waals surface area contributed by atoms with Crippen molar-refractivity contribution >= 4 is 9.84 Å². The summed E-state index contributed by atoms with van der Waals surface area (Å²) in [5.41, 5.74) is 1.06. The van der Waals surface area contributed by atoms with Gasteiger partial charge < -0.3 is 14.8 Å². The van der Waals surface area contributed by atoms with E-state index in [1.165, 1.54) is 6.26 Å². The van der Waals surface area contributed by atoms with E-state index >= 15 is 0 Å². The van der Waals surface area contributed by atoms with Crippen molar-refractivity contribution in [2.45, 2.75) is 24.3 Å². The van der Waals surface area contributed by atoms with Gasteiger partial charge in [-0.15, -0.1) is 0 Å². The first-order chi connectivity index (χ1) is 11.9. The van der Waals surface area contributed by atoms with Gasteiger partial charge in [-0.05, 0) is 61.9 Å². The summed E-state index contributed by atoms with van der Waals surface area (Å²) in [6.45, 7) is 3.49. The molecule has 0 aliphatic rings. The van der Waals surface area contributed by atoms with Crippen molar-refractivity contribution in [3.8, 4) is 11.5 Å². The van der Waals surface area contributed by atoms with Gasteiger partial charge in [0.1, 0.15) is 11.5 Å². The van der Waals surface area contributed by atoms with Gasteiger partial charge in [0, 0.05) is 12.3 Å². The van der Waals surface area contributed by atoms with E-state index in [0.717, 1.165) is 30.0 Å². The van der Waals surface area contributed by atoms with Gasteiger partial charge in [0.05, 0.1) is 18.6 Å². The normalized spacial score (nSPS) is 12.6. The fraction of sp³-hybridized carbons (Fsp3) is 0.368. The van der Waals surface area contributed by atoms with Crippen LogP contribution in [0.1, 0.15) is 24.9 Å². The molecule has 0 saturated heterocycles. The number of ether oxygens (including phenoxy) is 2. The van der Waals surface area contributed by atoms with Crippen molar-refractivity contribution < 1.29 is 17.9 Å². The fourth-order valence-corrected chi connectivity index (χ4v) is 3.00. The first kappa shape index (κ1) is 19.3. The molecule has 6 heteroatoms. The largest absolute Gasteiger partial charge is 0.497 e. The molecule has 0 unspecified atom stereocenters. The number of methoxy groups -OCH3 is 1.